The molecule has 0 aromatic carbocycles. The number of nitrogens with zero attached hydrogens (tertiary/aromatic N) is 3. The van der Waals surface area contributed by atoms with E-state index in [-0.39, 0.29) is 0 Å². The molecule has 0 bridgehead atoms. The Morgan fingerprint density at radius 1 is 1.54 bits per heavy atom. The van der Waals surface area contributed by atoms with Crippen LogP contribution in [-0.4, -0.2) is 36.7 Å². The Hall–Kier alpha value is -1.09. The summed E-state index contributed by atoms with van der Waals surface area (Å²) in [5, 5.41) is 0. The molecule has 1 aromatic heterocycles. The third kappa shape index (κ3) is 1.52. The average Bonchev–Trinajstić information content (AvgIpc) is 2.02. The number of aromatic nitrogens is 1. The summed E-state index contributed by atoms with van der Waals surface area (Å²) >= 11 is 0. The van der Waals surface area contributed by atoms with Crippen LogP contribution in [-0.2, 0) is 0 Å². The first kappa shape index (κ1) is 8.51. The Morgan fingerprint density at radius 3 is 2.85 bits per heavy atom. The summed E-state index contributed by atoms with van der Waals surface area (Å²) < 4.78 is 0. The number of hydrogen-bond acceptors (Lipinski definition) is 3. The van der Waals surface area contributed by atoms with Gasteiger partial charge in [0.05, 0.1) is 18.1 Å². The highest BCUT2D eigenvalue weighted by molar-refractivity contribution is 5.47. The predicted molar refractivity (Wildman–Crippen MR) is 53.7 cm³/mol. The molecule has 0 aliphatic carbocycles. The Labute approximate surface area is 79.0 Å². The van der Waals surface area contributed by atoms with E-state index in [0.29, 0.717) is 6.17 Å². The van der Waals surface area contributed by atoms with Crippen molar-refractivity contribution in [2.45, 2.75) is 12.6 Å². The molecular weight excluding hydrogens is 162 g/mol. The van der Waals surface area contributed by atoms with E-state index in [1.165, 1.54) is 12.1 Å². The molecule has 1 aliphatic rings. The predicted octanol–water partition coefficient (Wildman–Crippen LogP) is 1.18. The van der Waals surface area contributed by atoms with Crippen molar-refractivity contribution in [3.8, 4) is 0 Å². The van der Waals surface area contributed by atoms with E-state index in [1.54, 1.807) is 0 Å². The van der Waals surface area contributed by atoms with Gasteiger partial charge in [-0.25, -0.2) is 0 Å². The molecule has 1 atom stereocenters. The van der Waals surface area contributed by atoms with Crippen LogP contribution in [0.4, 0.5) is 5.69 Å². The maximum absolute atomic E-state index is 4.12. The Bertz CT molecular complexity index is 271. The van der Waals surface area contributed by atoms with Crippen LogP contribution in [0.3, 0.4) is 0 Å². The molecule has 3 heteroatoms. The van der Waals surface area contributed by atoms with Gasteiger partial charge in [-0.3, -0.25) is 9.88 Å². The zero-order valence-electron chi connectivity index (χ0n) is 8.14. The lowest BCUT2D eigenvalue weighted by Crippen LogP contribution is -2.55. The lowest BCUT2D eigenvalue weighted by Gasteiger charge is -2.46. The normalized spacial score (nSPS) is 21.8. The third-order valence-electron chi connectivity index (χ3n) is 2.56. The molecule has 0 spiro atoms. The molecule has 1 aliphatic heterocycles. The number of anilines is 1. The Morgan fingerprint density at radius 2 is 2.38 bits per heavy atom. The van der Waals surface area contributed by atoms with Crippen molar-refractivity contribution in [2.75, 3.05) is 25.5 Å². The van der Waals surface area contributed by atoms with Crippen molar-refractivity contribution < 1.29 is 0 Å². The molecule has 3 nitrogen and oxygen atoms in total. The molecule has 0 N–H and O–H groups in total. The van der Waals surface area contributed by atoms with Crippen molar-refractivity contribution in [3.63, 3.8) is 0 Å². The molecule has 2 rings (SSSR count). The topological polar surface area (TPSA) is 19.4 Å². The van der Waals surface area contributed by atoms with Crippen molar-refractivity contribution in [1.29, 1.82) is 0 Å². The Kier molecular flexibility index (Phi) is 2.19. The van der Waals surface area contributed by atoms with Gasteiger partial charge in [0, 0.05) is 12.7 Å². The summed E-state index contributed by atoms with van der Waals surface area (Å²) in [6.45, 7) is 1.15. The molecule has 2 heterocycles. The van der Waals surface area contributed by atoms with Gasteiger partial charge in [0.15, 0.2) is 0 Å². The minimum Gasteiger partial charge on any atom is -0.354 e. The van der Waals surface area contributed by atoms with E-state index in [0.717, 1.165) is 6.54 Å². The van der Waals surface area contributed by atoms with Gasteiger partial charge in [0.2, 0.25) is 0 Å². The van der Waals surface area contributed by atoms with Gasteiger partial charge in [-0.05, 0) is 32.6 Å². The number of hydrogen-bond donors (Lipinski definition) is 0. The zero-order valence-corrected chi connectivity index (χ0v) is 8.14. The van der Waals surface area contributed by atoms with Gasteiger partial charge in [-0.1, -0.05) is 0 Å². The van der Waals surface area contributed by atoms with E-state index in [2.05, 4.69) is 34.9 Å². The molecule has 1 fully saturated rings. The van der Waals surface area contributed by atoms with Crippen LogP contribution < -0.4 is 4.90 Å². The fraction of sp³-hybridized carbons (Fsp3) is 0.500. The first-order valence-electron chi connectivity index (χ1n) is 4.62. The average molecular weight is 177 g/mol. The lowest BCUT2D eigenvalue weighted by molar-refractivity contribution is 0.215. The molecule has 70 valence electrons. The molecule has 1 saturated heterocycles. The molecule has 0 saturated carbocycles. The van der Waals surface area contributed by atoms with Gasteiger partial charge in [0.1, 0.15) is 0 Å². The zero-order chi connectivity index (χ0) is 9.26. The van der Waals surface area contributed by atoms with Crippen LogP contribution in [0, 0.1) is 0 Å². The second-order valence-electron chi connectivity index (χ2n) is 3.64. The van der Waals surface area contributed by atoms with Gasteiger partial charge < -0.3 is 4.90 Å². The van der Waals surface area contributed by atoms with Crippen molar-refractivity contribution >= 4 is 5.69 Å². The summed E-state index contributed by atoms with van der Waals surface area (Å²) in [7, 11) is 4.24. The van der Waals surface area contributed by atoms with Gasteiger partial charge >= 0.3 is 0 Å². The van der Waals surface area contributed by atoms with Crippen LogP contribution in [0.15, 0.2) is 24.5 Å². The first-order chi connectivity index (χ1) is 6.29. The van der Waals surface area contributed by atoms with Crippen LogP contribution in [0.5, 0.6) is 0 Å². The van der Waals surface area contributed by atoms with Crippen LogP contribution in [0.25, 0.3) is 0 Å². The lowest BCUT2D eigenvalue weighted by atomic mass is 10.1. The number of pyridine rings is 1. The van der Waals surface area contributed by atoms with E-state index in [4.69, 9.17) is 0 Å². The van der Waals surface area contributed by atoms with Gasteiger partial charge in [-0.15, -0.1) is 0 Å². The minimum absolute atomic E-state index is 0.559. The van der Waals surface area contributed by atoms with Crippen LogP contribution in [0.2, 0.25) is 0 Å². The van der Waals surface area contributed by atoms with E-state index >= 15 is 0 Å². The fourth-order valence-electron chi connectivity index (χ4n) is 1.74. The highest BCUT2D eigenvalue weighted by Crippen LogP contribution is 2.26. The Balaban J connectivity index is 2.11. The van der Waals surface area contributed by atoms with E-state index < -0.39 is 0 Å². The van der Waals surface area contributed by atoms with Crippen LogP contribution >= 0.6 is 0 Å². The van der Waals surface area contributed by atoms with E-state index in [9.17, 15) is 0 Å². The third-order valence-corrected chi connectivity index (χ3v) is 2.56. The maximum Gasteiger partial charge on any atom is 0.0833 e. The second kappa shape index (κ2) is 3.34. The summed E-state index contributed by atoms with van der Waals surface area (Å²) in [5.74, 6) is 0. The van der Waals surface area contributed by atoms with Gasteiger partial charge in [0.25, 0.3) is 0 Å². The van der Waals surface area contributed by atoms with Gasteiger partial charge in [-0.2, -0.15) is 0 Å². The standard InChI is InChI=1S/C10H15N3/c1-12(2)10-5-7-13(10)9-4-3-6-11-8-9/h3-4,6,8,10H,5,7H2,1-2H3. The molecule has 0 amide bonds. The summed E-state index contributed by atoms with van der Waals surface area (Å²) in [6.07, 6.45) is 5.55. The monoisotopic (exact) mass is 177 g/mol. The molecule has 0 radical (unpaired) electrons. The molecule has 1 unspecified atom stereocenters. The highest BCUT2D eigenvalue weighted by atomic mass is 15.4. The quantitative estimate of drug-likeness (QED) is 0.676. The summed E-state index contributed by atoms with van der Waals surface area (Å²) in [4.78, 5) is 8.74. The fourth-order valence-corrected chi connectivity index (χ4v) is 1.74. The second-order valence-corrected chi connectivity index (χ2v) is 3.64. The number of rotatable bonds is 2. The molecular formula is C10H15N3. The van der Waals surface area contributed by atoms with Crippen molar-refractivity contribution in [2.24, 2.45) is 0 Å². The first-order valence-corrected chi connectivity index (χ1v) is 4.62. The van der Waals surface area contributed by atoms with Crippen LogP contribution in [0.1, 0.15) is 6.42 Å². The highest BCUT2D eigenvalue weighted by Gasteiger charge is 2.29. The smallest absolute Gasteiger partial charge is 0.0833 e. The maximum atomic E-state index is 4.12. The van der Waals surface area contributed by atoms with Crippen molar-refractivity contribution in [1.82, 2.24) is 9.88 Å². The summed E-state index contributed by atoms with van der Waals surface area (Å²) in [5.41, 5.74) is 1.23. The SMILES string of the molecule is CN(C)C1CCN1c1cccnc1. The van der Waals surface area contributed by atoms with E-state index in [1.807, 2.05) is 18.5 Å². The summed E-state index contributed by atoms with van der Waals surface area (Å²) in [6, 6.07) is 4.10. The largest absolute Gasteiger partial charge is 0.354 e. The minimum atomic E-state index is 0.559. The van der Waals surface area contributed by atoms with Crippen molar-refractivity contribution in [3.05, 3.63) is 24.5 Å². The molecule has 1 aromatic rings. The molecule has 13 heavy (non-hydrogen) atoms.